The summed E-state index contributed by atoms with van der Waals surface area (Å²) in [5.41, 5.74) is 0.143. The van der Waals surface area contributed by atoms with E-state index in [2.05, 4.69) is 10.1 Å². The highest BCUT2D eigenvalue weighted by Gasteiger charge is 2.23. The number of carbonyl (C=O) groups excluding carboxylic acids is 2. The molecule has 0 heterocycles. The van der Waals surface area contributed by atoms with Crippen LogP contribution in [0.3, 0.4) is 0 Å². The van der Waals surface area contributed by atoms with E-state index in [9.17, 15) is 19.2 Å². The number of nitrogens with one attached hydrogen (secondary N) is 1. The maximum absolute atomic E-state index is 11.9. The van der Waals surface area contributed by atoms with E-state index in [1.807, 2.05) is 0 Å². The highest BCUT2D eigenvalue weighted by Crippen LogP contribution is 2.07. The van der Waals surface area contributed by atoms with Crippen molar-refractivity contribution in [3.63, 3.8) is 0 Å². The Hall–Kier alpha value is -2.90. The van der Waals surface area contributed by atoms with Crippen LogP contribution in [0.2, 0.25) is 0 Å². The Kier molecular flexibility index (Phi) is 5.41. The van der Waals surface area contributed by atoms with Gasteiger partial charge in [-0.15, -0.1) is 0 Å². The fourth-order valence-electron chi connectivity index (χ4n) is 1.52. The predicted molar refractivity (Wildman–Crippen MR) is 68.9 cm³/mol. The molecule has 0 fully saturated rings. The molecule has 0 bridgehead atoms. The molecule has 0 spiro atoms. The summed E-state index contributed by atoms with van der Waals surface area (Å²) in [7, 11) is 1.18. The molecule has 0 saturated heterocycles. The average Bonchev–Trinajstić information content (AvgIpc) is 2.45. The molecule has 112 valence electrons. The molecule has 0 aromatic heterocycles. The summed E-state index contributed by atoms with van der Waals surface area (Å²) in [6, 6.07) is 3.88. The van der Waals surface area contributed by atoms with E-state index in [4.69, 9.17) is 10.2 Å². The van der Waals surface area contributed by atoms with Crippen molar-refractivity contribution in [3.05, 3.63) is 35.4 Å². The average molecular weight is 295 g/mol. The lowest BCUT2D eigenvalue weighted by atomic mass is 10.1. The quantitative estimate of drug-likeness (QED) is 0.636. The fourth-order valence-corrected chi connectivity index (χ4v) is 1.52. The number of amides is 1. The van der Waals surface area contributed by atoms with Gasteiger partial charge in [-0.2, -0.15) is 0 Å². The summed E-state index contributed by atoms with van der Waals surface area (Å²) in [6.07, 6.45) is -0.752. The van der Waals surface area contributed by atoms with Gasteiger partial charge in [-0.3, -0.25) is 9.59 Å². The van der Waals surface area contributed by atoms with Crippen LogP contribution in [-0.2, 0) is 14.3 Å². The Morgan fingerprint density at radius 1 is 1.19 bits per heavy atom. The van der Waals surface area contributed by atoms with Gasteiger partial charge < -0.3 is 20.3 Å². The van der Waals surface area contributed by atoms with Gasteiger partial charge in [0.1, 0.15) is 6.04 Å². The third-order valence-electron chi connectivity index (χ3n) is 2.53. The second kappa shape index (κ2) is 7.04. The minimum absolute atomic E-state index is 0.0227. The molecule has 1 aromatic carbocycles. The van der Waals surface area contributed by atoms with Crippen LogP contribution in [-0.4, -0.2) is 47.2 Å². The standard InChI is InChI=1S/C13H13NO7/c1-21-13(20)8-4-2-3-7(5-8)11(17)14-9(12(18)19)6-10(15)16/h2-5,9H,6H2,1H3,(H,14,17)(H,15,16)(H,18,19)/t9-/m0/s1. The number of hydrogen-bond donors (Lipinski definition) is 3. The molecule has 1 atom stereocenters. The number of methoxy groups -OCH3 is 1. The molecule has 0 aliphatic heterocycles. The molecule has 0 saturated carbocycles. The van der Waals surface area contributed by atoms with Gasteiger partial charge in [0, 0.05) is 5.56 Å². The molecule has 1 aromatic rings. The normalized spacial score (nSPS) is 11.3. The minimum atomic E-state index is -1.56. The Bertz CT molecular complexity index is 582. The molecule has 8 heteroatoms. The van der Waals surface area contributed by atoms with Gasteiger partial charge in [-0.05, 0) is 18.2 Å². The summed E-state index contributed by atoms with van der Waals surface area (Å²) < 4.78 is 4.50. The van der Waals surface area contributed by atoms with Gasteiger partial charge >= 0.3 is 17.9 Å². The molecule has 1 amide bonds. The van der Waals surface area contributed by atoms with Crippen LogP contribution in [0, 0.1) is 0 Å². The number of aliphatic carboxylic acids is 2. The molecule has 8 nitrogen and oxygen atoms in total. The summed E-state index contributed by atoms with van der Waals surface area (Å²) in [4.78, 5) is 44.6. The van der Waals surface area contributed by atoms with Gasteiger partial charge in [-0.1, -0.05) is 6.07 Å². The number of rotatable bonds is 6. The van der Waals surface area contributed by atoms with Gasteiger partial charge in [0.05, 0.1) is 19.1 Å². The summed E-state index contributed by atoms with van der Waals surface area (Å²) >= 11 is 0. The van der Waals surface area contributed by atoms with Crippen LogP contribution in [0.15, 0.2) is 24.3 Å². The topological polar surface area (TPSA) is 130 Å². The van der Waals surface area contributed by atoms with Crippen molar-refractivity contribution in [1.29, 1.82) is 0 Å². The second-order valence-corrected chi connectivity index (χ2v) is 4.03. The molecule has 1 rings (SSSR count). The van der Waals surface area contributed by atoms with Crippen molar-refractivity contribution in [2.24, 2.45) is 0 Å². The van der Waals surface area contributed by atoms with Crippen molar-refractivity contribution in [3.8, 4) is 0 Å². The van der Waals surface area contributed by atoms with E-state index in [0.717, 1.165) is 0 Å². The van der Waals surface area contributed by atoms with Crippen LogP contribution in [0.25, 0.3) is 0 Å². The smallest absolute Gasteiger partial charge is 0.337 e. The van der Waals surface area contributed by atoms with E-state index in [1.54, 1.807) is 0 Å². The van der Waals surface area contributed by atoms with Gasteiger partial charge in [0.15, 0.2) is 0 Å². The summed E-state index contributed by atoms with van der Waals surface area (Å²) in [5.74, 6) is -4.26. The first-order valence-corrected chi connectivity index (χ1v) is 5.79. The number of hydrogen-bond acceptors (Lipinski definition) is 5. The molecular formula is C13H13NO7. The van der Waals surface area contributed by atoms with Crippen molar-refractivity contribution in [2.45, 2.75) is 12.5 Å². The Labute approximate surface area is 119 Å². The lowest BCUT2D eigenvalue weighted by molar-refractivity contribution is -0.145. The molecule has 0 unspecified atom stereocenters. The molecular weight excluding hydrogens is 282 g/mol. The number of benzene rings is 1. The maximum atomic E-state index is 11.9. The highest BCUT2D eigenvalue weighted by molar-refractivity contribution is 5.99. The monoisotopic (exact) mass is 295 g/mol. The van der Waals surface area contributed by atoms with Gasteiger partial charge in [-0.25, -0.2) is 9.59 Å². The van der Waals surface area contributed by atoms with E-state index >= 15 is 0 Å². The Morgan fingerprint density at radius 3 is 2.33 bits per heavy atom. The molecule has 0 aliphatic rings. The van der Waals surface area contributed by atoms with Crippen molar-refractivity contribution in [2.75, 3.05) is 7.11 Å². The van der Waals surface area contributed by atoms with Crippen molar-refractivity contribution >= 4 is 23.8 Å². The fraction of sp³-hybridized carbons (Fsp3) is 0.231. The van der Waals surface area contributed by atoms with Gasteiger partial charge in [0.25, 0.3) is 5.91 Å². The number of carboxylic acid groups (broad SMARTS) is 2. The van der Waals surface area contributed by atoms with Crippen molar-refractivity contribution in [1.82, 2.24) is 5.32 Å². The zero-order valence-electron chi connectivity index (χ0n) is 11.0. The number of esters is 1. The van der Waals surface area contributed by atoms with Gasteiger partial charge in [0.2, 0.25) is 0 Å². The zero-order valence-corrected chi connectivity index (χ0v) is 11.0. The lowest BCUT2D eigenvalue weighted by Gasteiger charge is -2.12. The van der Waals surface area contributed by atoms with Crippen LogP contribution in [0.1, 0.15) is 27.1 Å². The van der Waals surface area contributed by atoms with E-state index in [1.165, 1.54) is 31.4 Å². The van der Waals surface area contributed by atoms with Crippen molar-refractivity contribution < 1.29 is 34.1 Å². The van der Waals surface area contributed by atoms with Crippen LogP contribution >= 0.6 is 0 Å². The minimum Gasteiger partial charge on any atom is -0.481 e. The van der Waals surface area contributed by atoms with E-state index in [-0.39, 0.29) is 11.1 Å². The third kappa shape index (κ3) is 4.60. The first-order valence-electron chi connectivity index (χ1n) is 5.79. The lowest BCUT2D eigenvalue weighted by Crippen LogP contribution is -2.42. The number of ether oxygens (including phenoxy) is 1. The van der Waals surface area contributed by atoms with E-state index in [0.29, 0.717) is 0 Å². The maximum Gasteiger partial charge on any atom is 0.337 e. The molecule has 0 radical (unpaired) electrons. The molecule has 21 heavy (non-hydrogen) atoms. The van der Waals surface area contributed by atoms with Crippen LogP contribution in [0.4, 0.5) is 0 Å². The first kappa shape index (κ1) is 16.2. The zero-order chi connectivity index (χ0) is 16.0. The summed E-state index contributed by atoms with van der Waals surface area (Å²) in [6.45, 7) is 0. The number of carbonyl (C=O) groups is 4. The highest BCUT2D eigenvalue weighted by atomic mass is 16.5. The molecule has 0 aliphatic carbocycles. The third-order valence-corrected chi connectivity index (χ3v) is 2.53. The largest absolute Gasteiger partial charge is 0.481 e. The molecule has 3 N–H and O–H groups in total. The van der Waals surface area contributed by atoms with Crippen LogP contribution in [0.5, 0.6) is 0 Å². The Morgan fingerprint density at radius 2 is 1.81 bits per heavy atom. The number of carboxylic acids is 2. The second-order valence-electron chi connectivity index (χ2n) is 4.03. The SMILES string of the molecule is COC(=O)c1cccc(C(=O)N[C@@H](CC(=O)O)C(=O)O)c1. The first-order chi connectivity index (χ1) is 9.85. The Balaban J connectivity index is 2.90. The van der Waals surface area contributed by atoms with E-state index < -0.39 is 36.3 Å². The van der Waals surface area contributed by atoms with Crippen LogP contribution < -0.4 is 5.32 Å². The summed E-state index contributed by atoms with van der Waals surface area (Å²) in [5, 5.41) is 19.5. The predicted octanol–water partition coefficient (Wildman–Crippen LogP) is 0.131.